The Bertz CT molecular complexity index is 780. The van der Waals surface area contributed by atoms with Gasteiger partial charge >= 0.3 is 0 Å². The molecule has 0 unspecified atom stereocenters. The van der Waals surface area contributed by atoms with Gasteiger partial charge in [-0.15, -0.1) is 0 Å². The summed E-state index contributed by atoms with van der Waals surface area (Å²) in [4.78, 5) is 14.9. The van der Waals surface area contributed by atoms with E-state index in [2.05, 4.69) is 26.5 Å². The number of ether oxygens (including phenoxy) is 1. The molecule has 0 radical (unpaired) electrons. The van der Waals surface area contributed by atoms with Crippen molar-refractivity contribution in [1.82, 2.24) is 15.5 Å². The monoisotopic (exact) mass is 382 g/mol. The lowest BCUT2D eigenvalue weighted by Crippen LogP contribution is -2.49. The number of methoxy groups -OCH3 is 1. The van der Waals surface area contributed by atoms with Crippen LogP contribution < -0.4 is 15.0 Å². The van der Waals surface area contributed by atoms with Crippen LogP contribution in [0, 0.1) is 5.92 Å². The summed E-state index contributed by atoms with van der Waals surface area (Å²) in [6.45, 7) is 1.80. The van der Waals surface area contributed by atoms with Crippen molar-refractivity contribution >= 4 is 11.7 Å². The fourth-order valence-corrected chi connectivity index (χ4v) is 4.38. The third-order valence-corrected chi connectivity index (χ3v) is 6.03. The lowest BCUT2D eigenvalue weighted by molar-refractivity contribution is -0.126. The van der Waals surface area contributed by atoms with Gasteiger partial charge < -0.3 is 15.0 Å². The summed E-state index contributed by atoms with van der Waals surface area (Å²) < 4.78 is 5.22. The average molecular weight is 383 g/mol. The Balaban J connectivity index is 1.37. The van der Waals surface area contributed by atoms with Crippen molar-refractivity contribution in [2.45, 2.75) is 51.0 Å². The maximum atomic E-state index is 12.6. The molecule has 6 nitrogen and oxygen atoms in total. The molecule has 2 heterocycles. The zero-order valence-electron chi connectivity index (χ0n) is 16.6. The second-order valence-corrected chi connectivity index (χ2v) is 8.00. The number of hydrogen-bond donors (Lipinski definition) is 2. The zero-order valence-corrected chi connectivity index (χ0v) is 16.6. The van der Waals surface area contributed by atoms with E-state index in [0.717, 1.165) is 61.6 Å². The van der Waals surface area contributed by atoms with E-state index in [1.165, 1.54) is 19.3 Å². The average Bonchev–Trinajstić information content (AvgIpc) is 3.25. The smallest absolute Gasteiger partial charge is 0.223 e. The normalized spacial score (nSPS) is 20.8. The van der Waals surface area contributed by atoms with Crippen LogP contribution in [0.4, 0.5) is 5.82 Å². The van der Waals surface area contributed by atoms with Crippen molar-refractivity contribution in [2.75, 3.05) is 25.1 Å². The van der Waals surface area contributed by atoms with Crippen molar-refractivity contribution in [1.29, 1.82) is 0 Å². The van der Waals surface area contributed by atoms with Crippen LogP contribution >= 0.6 is 0 Å². The Labute approximate surface area is 166 Å². The van der Waals surface area contributed by atoms with Gasteiger partial charge in [-0.1, -0.05) is 19.3 Å². The molecule has 1 aliphatic carbocycles. The molecule has 6 heteroatoms. The van der Waals surface area contributed by atoms with Gasteiger partial charge in [0.15, 0.2) is 5.82 Å². The van der Waals surface area contributed by atoms with Crippen LogP contribution in [-0.2, 0) is 4.79 Å². The number of benzene rings is 1. The number of nitrogens with one attached hydrogen (secondary N) is 2. The molecule has 1 aromatic carbocycles. The Morgan fingerprint density at radius 2 is 1.93 bits per heavy atom. The number of aromatic nitrogens is 2. The molecule has 1 amide bonds. The van der Waals surface area contributed by atoms with Crippen molar-refractivity contribution in [2.24, 2.45) is 5.92 Å². The van der Waals surface area contributed by atoms with Gasteiger partial charge in [0.2, 0.25) is 5.91 Å². The lowest BCUT2D eigenvalue weighted by Gasteiger charge is -2.34. The molecule has 2 N–H and O–H groups in total. The van der Waals surface area contributed by atoms with Crippen LogP contribution in [-0.4, -0.2) is 42.3 Å². The van der Waals surface area contributed by atoms with Crippen molar-refractivity contribution in [3.05, 3.63) is 30.3 Å². The van der Waals surface area contributed by atoms with Crippen molar-refractivity contribution in [3.63, 3.8) is 0 Å². The molecule has 150 valence electrons. The van der Waals surface area contributed by atoms with E-state index in [1.54, 1.807) is 7.11 Å². The van der Waals surface area contributed by atoms with Crippen LogP contribution in [0.15, 0.2) is 30.3 Å². The maximum Gasteiger partial charge on any atom is 0.223 e. The number of nitrogens with zero attached hydrogens (tertiary/aromatic N) is 2. The molecule has 2 aliphatic rings. The Kier molecular flexibility index (Phi) is 5.84. The lowest BCUT2D eigenvalue weighted by atomic mass is 9.88. The van der Waals surface area contributed by atoms with Gasteiger partial charge in [0, 0.05) is 31.1 Å². The standard InChI is InChI=1S/C22H30N4O2/c1-28-19-11-9-16(10-12-19)20-14-21(25-24-20)26-13-5-8-18(15-26)23-22(27)17-6-3-2-4-7-17/h9-12,14,17-18H,2-8,13,15H2,1H3,(H,23,27)(H,24,25)/t18-/m1/s1. The third kappa shape index (κ3) is 4.32. The number of amides is 1. The minimum absolute atomic E-state index is 0.212. The second-order valence-electron chi connectivity index (χ2n) is 8.00. The molecular formula is C22H30N4O2. The minimum Gasteiger partial charge on any atom is -0.497 e. The van der Waals surface area contributed by atoms with Crippen LogP contribution in [0.5, 0.6) is 5.75 Å². The Hall–Kier alpha value is -2.50. The van der Waals surface area contributed by atoms with Gasteiger partial charge in [-0.25, -0.2) is 0 Å². The number of aromatic amines is 1. The van der Waals surface area contributed by atoms with Gasteiger partial charge in [0.1, 0.15) is 5.75 Å². The van der Waals surface area contributed by atoms with Crippen LogP contribution in [0.25, 0.3) is 11.3 Å². The summed E-state index contributed by atoms with van der Waals surface area (Å²) in [5.41, 5.74) is 2.07. The third-order valence-electron chi connectivity index (χ3n) is 6.03. The molecule has 1 aromatic heterocycles. The fourth-order valence-electron chi connectivity index (χ4n) is 4.38. The largest absolute Gasteiger partial charge is 0.497 e. The predicted molar refractivity (Wildman–Crippen MR) is 111 cm³/mol. The van der Waals surface area contributed by atoms with Gasteiger partial charge in [-0.2, -0.15) is 5.10 Å². The summed E-state index contributed by atoms with van der Waals surface area (Å²) in [5, 5.41) is 11.0. The minimum atomic E-state index is 0.212. The first kappa shape index (κ1) is 18.8. The quantitative estimate of drug-likeness (QED) is 0.826. The molecule has 0 bridgehead atoms. The zero-order chi connectivity index (χ0) is 19.3. The van der Waals surface area contributed by atoms with E-state index in [-0.39, 0.29) is 17.9 Å². The van der Waals surface area contributed by atoms with Crippen LogP contribution in [0.3, 0.4) is 0 Å². The maximum absolute atomic E-state index is 12.6. The number of carbonyl (C=O) groups is 1. The summed E-state index contributed by atoms with van der Waals surface area (Å²) in [7, 11) is 1.67. The first-order valence-electron chi connectivity index (χ1n) is 10.5. The second kappa shape index (κ2) is 8.67. The highest BCUT2D eigenvalue weighted by Gasteiger charge is 2.27. The molecule has 2 fully saturated rings. The van der Waals surface area contributed by atoms with Crippen molar-refractivity contribution < 1.29 is 9.53 Å². The number of carbonyl (C=O) groups excluding carboxylic acids is 1. The fraction of sp³-hybridized carbons (Fsp3) is 0.545. The first-order chi connectivity index (χ1) is 13.7. The van der Waals surface area contributed by atoms with Crippen LogP contribution in [0.2, 0.25) is 0 Å². The summed E-state index contributed by atoms with van der Waals surface area (Å²) in [6, 6.07) is 10.3. The van der Waals surface area contributed by atoms with Crippen molar-refractivity contribution in [3.8, 4) is 17.0 Å². The van der Waals surface area contributed by atoms with E-state index >= 15 is 0 Å². The van der Waals surface area contributed by atoms with E-state index in [0.29, 0.717) is 0 Å². The number of rotatable bonds is 5. The van der Waals surface area contributed by atoms with E-state index in [4.69, 9.17) is 4.74 Å². The SMILES string of the molecule is COc1ccc(-c2cc(N3CCC[C@@H](NC(=O)C4CCCCC4)C3)n[nH]2)cc1. The molecular weight excluding hydrogens is 352 g/mol. The Morgan fingerprint density at radius 1 is 1.14 bits per heavy atom. The van der Waals surface area contributed by atoms with E-state index in [9.17, 15) is 4.79 Å². The van der Waals surface area contributed by atoms with E-state index in [1.807, 2.05) is 24.3 Å². The number of anilines is 1. The molecule has 2 aromatic rings. The highest BCUT2D eigenvalue weighted by molar-refractivity contribution is 5.79. The molecule has 1 saturated carbocycles. The van der Waals surface area contributed by atoms with Gasteiger partial charge in [0.25, 0.3) is 0 Å². The molecule has 0 spiro atoms. The number of piperidine rings is 1. The van der Waals surface area contributed by atoms with Gasteiger partial charge in [-0.05, 0) is 55.5 Å². The summed E-state index contributed by atoms with van der Waals surface area (Å²) in [5.74, 6) is 2.27. The molecule has 1 aliphatic heterocycles. The summed E-state index contributed by atoms with van der Waals surface area (Å²) in [6.07, 6.45) is 7.87. The highest BCUT2D eigenvalue weighted by atomic mass is 16.5. The van der Waals surface area contributed by atoms with Gasteiger partial charge in [0.05, 0.1) is 12.8 Å². The Morgan fingerprint density at radius 3 is 2.68 bits per heavy atom. The molecule has 4 rings (SSSR count). The van der Waals surface area contributed by atoms with Gasteiger partial charge in [-0.3, -0.25) is 9.89 Å². The topological polar surface area (TPSA) is 70.2 Å². The molecule has 1 saturated heterocycles. The van der Waals surface area contributed by atoms with Crippen LogP contribution in [0.1, 0.15) is 44.9 Å². The highest BCUT2D eigenvalue weighted by Crippen LogP contribution is 2.27. The van der Waals surface area contributed by atoms with E-state index < -0.39 is 0 Å². The number of hydrogen-bond acceptors (Lipinski definition) is 4. The predicted octanol–water partition coefficient (Wildman–Crippen LogP) is 3.75. The number of H-pyrrole nitrogens is 1. The summed E-state index contributed by atoms with van der Waals surface area (Å²) >= 11 is 0. The molecule has 28 heavy (non-hydrogen) atoms. The first-order valence-corrected chi connectivity index (χ1v) is 10.5. The molecule has 1 atom stereocenters.